The van der Waals surface area contributed by atoms with E-state index in [1.54, 1.807) is 26.4 Å². The van der Waals surface area contributed by atoms with Gasteiger partial charge in [-0.25, -0.2) is 4.79 Å². The summed E-state index contributed by atoms with van der Waals surface area (Å²) in [6, 6.07) is 9.08. The van der Waals surface area contributed by atoms with Crippen LogP contribution in [0, 0.1) is 5.92 Å². The van der Waals surface area contributed by atoms with Crippen molar-refractivity contribution in [3.63, 3.8) is 0 Å². The number of ether oxygens (including phenoxy) is 4. The van der Waals surface area contributed by atoms with E-state index in [1.165, 1.54) is 7.11 Å². The molecule has 2 aliphatic rings. The van der Waals surface area contributed by atoms with Crippen LogP contribution in [-0.2, 0) is 14.3 Å². The monoisotopic (exact) mass is 599 g/mol. The van der Waals surface area contributed by atoms with E-state index in [-0.39, 0.29) is 42.1 Å². The van der Waals surface area contributed by atoms with Gasteiger partial charge < -0.3 is 29.4 Å². The number of carbonyl (C=O) groups is 2. The van der Waals surface area contributed by atoms with Crippen LogP contribution in [0.4, 0.5) is 0 Å². The Hall–Kier alpha value is -3.46. The number of methoxy groups -OCH3 is 3. The largest absolute Gasteiger partial charge is 0.503 e. The molecule has 0 amide bonds. The highest BCUT2D eigenvalue weighted by atomic mass is 79.9. The summed E-state index contributed by atoms with van der Waals surface area (Å²) in [7, 11) is 4.62. The molecule has 0 fully saturated rings. The Labute approximate surface area is 237 Å². The molecular weight excluding hydrogens is 566 g/mol. The average molecular weight is 601 g/mol. The Bertz CT molecular complexity index is 1360. The van der Waals surface area contributed by atoms with E-state index < -0.39 is 11.9 Å². The number of hydrogen-bond donors (Lipinski definition) is 2. The molecule has 2 aromatic carbocycles. The number of dihydropyridines is 1. The number of hydrogen-bond acceptors (Lipinski definition) is 8. The smallest absolute Gasteiger partial charge is 0.336 e. The number of allylic oxidation sites excluding steroid dienone is 3. The minimum absolute atomic E-state index is 0.0579. The van der Waals surface area contributed by atoms with Gasteiger partial charge in [-0.15, -0.1) is 0 Å². The third-order valence-electron chi connectivity index (χ3n) is 7.08. The van der Waals surface area contributed by atoms with Crippen molar-refractivity contribution in [2.24, 2.45) is 5.92 Å². The SMILES string of the molecule is COc1ccc([C@H]2CC(=O)C3=C(C2)NC(C)=C(C(=O)OCC(C)C)[C@H]3c2cc(Br)c(O)c(OC)c2)cc1OC. The average Bonchev–Trinajstić information content (AvgIpc) is 2.91. The first-order chi connectivity index (χ1) is 18.6. The van der Waals surface area contributed by atoms with Crippen LogP contribution in [0.25, 0.3) is 0 Å². The van der Waals surface area contributed by atoms with E-state index in [0.717, 1.165) is 11.3 Å². The standard InChI is InChI=1S/C30H34BrNO7/c1-15(2)14-39-30(35)26-16(3)32-21-10-18(17-7-8-23(36-4)24(12-17)37-5)11-22(33)28(21)27(26)19-9-20(31)29(34)25(13-19)38-6/h7-9,12-13,15,18,27,32,34H,10-11,14H2,1-6H3/t18-,27-/m1/s1. The maximum atomic E-state index is 13.9. The highest BCUT2D eigenvalue weighted by Gasteiger charge is 2.42. The topological polar surface area (TPSA) is 103 Å². The number of aromatic hydroxyl groups is 1. The molecule has 0 saturated heterocycles. The number of nitrogens with one attached hydrogen (secondary N) is 1. The van der Waals surface area contributed by atoms with E-state index in [4.69, 9.17) is 18.9 Å². The molecule has 0 unspecified atom stereocenters. The van der Waals surface area contributed by atoms with Gasteiger partial charge in [-0.1, -0.05) is 19.9 Å². The van der Waals surface area contributed by atoms with Crippen molar-refractivity contribution >= 4 is 27.7 Å². The van der Waals surface area contributed by atoms with Crippen LogP contribution in [0.5, 0.6) is 23.0 Å². The Morgan fingerprint density at radius 1 is 1.03 bits per heavy atom. The van der Waals surface area contributed by atoms with E-state index >= 15 is 0 Å². The third kappa shape index (κ3) is 5.64. The van der Waals surface area contributed by atoms with Gasteiger partial charge in [-0.2, -0.15) is 0 Å². The summed E-state index contributed by atoms with van der Waals surface area (Å²) in [5.41, 5.74) is 3.87. The molecule has 0 aromatic heterocycles. The molecule has 4 rings (SSSR count). The second kappa shape index (κ2) is 11.7. The lowest BCUT2D eigenvalue weighted by Crippen LogP contribution is -2.36. The van der Waals surface area contributed by atoms with Crippen LogP contribution < -0.4 is 19.5 Å². The summed E-state index contributed by atoms with van der Waals surface area (Å²) < 4.78 is 22.3. The summed E-state index contributed by atoms with van der Waals surface area (Å²) in [6.07, 6.45) is 0.825. The Morgan fingerprint density at radius 3 is 2.33 bits per heavy atom. The zero-order valence-corrected chi connectivity index (χ0v) is 24.6. The van der Waals surface area contributed by atoms with Crippen molar-refractivity contribution in [3.8, 4) is 23.0 Å². The quantitative estimate of drug-likeness (QED) is 0.370. The number of rotatable bonds is 8. The zero-order valence-electron chi connectivity index (χ0n) is 23.0. The van der Waals surface area contributed by atoms with Gasteiger partial charge in [0.05, 0.1) is 38.0 Å². The Balaban J connectivity index is 1.81. The maximum absolute atomic E-state index is 13.9. The number of carbonyl (C=O) groups excluding carboxylic acids is 2. The van der Waals surface area contributed by atoms with Crippen molar-refractivity contribution in [1.82, 2.24) is 5.32 Å². The minimum Gasteiger partial charge on any atom is -0.503 e. The van der Waals surface area contributed by atoms with Crippen LogP contribution in [0.2, 0.25) is 0 Å². The predicted octanol–water partition coefficient (Wildman–Crippen LogP) is 5.74. The maximum Gasteiger partial charge on any atom is 0.336 e. The summed E-state index contributed by atoms with van der Waals surface area (Å²) in [5, 5.41) is 13.8. The molecule has 208 valence electrons. The molecule has 2 atom stereocenters. The molecule has 39 heavy (non-hydrogen) atoms. The van der Waals surface area contributed by atoms with E-state index in [0.29, 0.717) is 44.8 Å². The van der Waals surface area contributed by atoms with Crippen molar-refractivity contribution in [2.75, 3.05) is 27.9 Å². The lowest BCUT2D eigenvalue weighted by molar-refractivity contribution is -0.140. The Morgan fingerprint density at radius 2 is 1.69 bits per heavy atom. The van der Waals surface area contributed by atoms with Crippen molar-refractivity contribution in [1.29, 1.82) is 0 Å². The predicted molar refractivity (Wildman–Crippen MR) is 150 cm³/mol. The number of halogens is 1. The van der Waals surface area contributed by atoms with Gasteiger partial charge in [-0.3, -0.25) is 4.79 Å². The van der Waals surface area contributed by atoms with Gasteiger partial charge in [0.1, 0.15) is 0 Å². The van der Waals surface area contributed by atoms with Crippen molar-refractivity contribution < 1.29 is 33.6 Å². The molecule has 1 aliphatic heterocycles. The molecule has 2 N–H and O–H groups in total. The number of Topliss-reactive ketones (excluding diaryl/α,β-unsaturated/α-hetero) is 1. The molecule has 8 nitrogen and oxygen atoms in total. The van der Waals surface area contributed by atoms with Crippen molar-refractivity contribution in [3.05, 3.63) is 68.5 Å². The molecule has 0 saturated carbocycles. The molecule has 0 radical (unpaired) electrons. The van der Waals surface area contributed by atoms with Gasteiger partial charge in [0.2, 0.25) is 0 Å². The molecule has 9 heteroatoms. The second-order valence-electron chi connectivity index (χ2n) is 10.2. The van der Waals surface area contributed by atoms with Crippen LogP contribution in [0.3, 0.4) is 0 Å². The number of benzene rings is 2. The number of phenolic OH excluding ortho intramolecular Hbond substituents is 1. The summed E-state index contributed by atoms with van der Waals surface area (Å²) in [5.74, 6) is 0.218. The summed E-state index contributed by atoms with van der Waals surface area (Å²) in [6.45, 7) is 6.01. The normalized spacial score (nSPS) is 19.0. The fourth-order valence-corrected chi connectivity index (χ4v) is 5.68. The van der Waals surface area contributed by atoms with Crippen LogP contribution >= 0.6 is 15.9 Å². The van der Waals surface area contributed by atoms with Gasteiger partial charge >= 0.3 is 5.97 Å². The van der Waals surface area contributed by atoms with Gasteiger partial charge in [-0.05, 0) is 76.5 Å². The third-order valence-corrected chi connectivity index (χ3v) is 7.68. The highest BCUT2D eigenvalue weighted by Crippen LogP contribution is 2.48. The molecular formula is C30H34BrNO7. The molecule has 1 heterocycles. The number of esters is 1. The lowest BCUT2D eigenvalue weighted by Gasteiger charge is -2.37. The first kappa shape index (κ1) is 28.5. The molecule has 0 spiro atoms. The Kier molecular flexibility index (Phi) is 8.59. The van der Waals surface area contributed by atoms with Crippen LogP contribution in [-0.4, -0.2) is 44.8 Å². The first-order valence-corrected chi connectivity index (χ1v) is 13.6. The minimum atomic E-state index is -0.689. The van der Waals surface area contributed by atoms with Crippen molar-refractivity contribution in [2.45, 2.75) is 45.4 Å². The fourth-order valence-electron chi connectivity index (χ4n) is 5.22. The molecule has 0 bridgehead atoms. The molecule has 1 aliphatic carbocycles. The van der Waals surface area contributed by atoms with Crippen LogP contribution in [0.1, 0.15) is 56.6 Å². The van der Waals surface area contributed by atoms with E-state index in [2.05, 4.69) is 21.2 Å². The van der Waals surface area contributed by atoms with E-state index in [1.807, 2.05) is 39.0 Å². The highest BCUT2D eigenvalue weighted by molar-refractivity contribution is 9.10. The fraction of sp³-hybridized carbons (Fsp3) is 0.400. The second-order valence-corrected chi connectivity index (χ2v) is 11.0. The molecule has 2 aromatic rings. The first-order valence-electron chi connectivity index (χ1n) is 12.8. The van der Waals surface area contributed by atoms with Crippen LogP contribution in [0.15, 0.2) is 57.3 Å². The number of ketones is 1. The summed E-state index contributed by atoms with van der Waals surface area (Å²) >= 11 is 3.39. The van der Waals surface area contributed by atoms with E-state index in [9.17, 15) is 14.7 Å². The lowest BCUT2D eigenvalue weighted by atomic mass is 9.71. The van der Waals surface area contributed by atoms with Gasteiger partial charge in [0, 0.05) is 29.3 Å². The summed E-state index contributed by atoms with van der Waals surface area (Å²) in [4.78, 5) is 27.3. The van der Waals surface area contributed by atoms with Gasteiger partial charge in [0.25, 0.3) is 0 Å². The zero-order chi connectivity index (χ0) is 28.4. The van der Waals surface area contributed by atoms with Gasteiger partial charge in [0.15, 0.2) is 28.8 Å². The number of phenols is 1.